The number of fused-ring (bicyclic) bond motifs is 6. The molecule has 9 rings (SSSR count). The van der Waals surface area contributed by atoms with Crippen LogP contribution in [0.15, 0.2) is 162 Å². The zero-order valence-electron chi connectivity index (χ0n) is 32.6. The predicted molar refractivity (Wildman–Crippen MR) is 183 cm³/mol. The van der Waals surface area contributed by atoms with Crippen LogP contribution >= 0.6 is 0 Å². The van der Waals surface area contributed by atoms with Crippen LogP contribution in [0.2, 0.25) is 0 Å². The lowest BCUT2D eigenvalue weighted by Crippen LogP contribution is -1.91. The van der Waals surface area contributed by atoms with E-state index < -0.39 is 36.3 Å². The first kappa shape index (κ1) is 16.1. The van der Waals surface area contributed by atoms with Gasteiger partial charge in [0.05, 0.1) is 13.7 Å². The van der Waals surface area contributed by atoms with Crippen molar-refractivity contribution in [1.82, 2.24) is 0 Å². The van der Waals surface area contributed by atoms with Gasteiger partial charge in [-0.05, 0) is 84.4 Å². The van der Waals surface area contributed by atoms with Gasteiger partial charge >= 0.3 is 0 Å². The third-order valence-electron chi connectivity index (χ3n) is 8.18. The summed E-state index contributed by atoms with van der Waals surface area (Å²) in [5.41, 5.74) is 3.33. The summed E-state index contributed by atoms with van der Waals surface area (Å²) in [6.45, 7) is 0. The molecule has 0 atom stereocenters. The van der Waals surface area contributed by atoms with Crippen LogP contribution in [-0.2, 0) is 0 Å². The smallest absolute Gasteiger partial charge is 0.143 e. The fraction of sp³-hybridized carbons (Fsp3) is 0. The van der Waals surface area contributed by atoms with Gasteiger partial charge in [-0.2, -0.15) is 0 Å². The van der Waals surface area contributed by atoms with Crippen molar-refractivity contribution < 1.29 is 18.1 Å². The minimum absolute atomic E-state index is 0.0100. The molecule has 43 heavy (non-hydrogen) atoms. The molecule has 0 N–H and O–H groups in total. The van der Waals surface area contributed by atoms with Gasteiger partial charge in [0.1, 0.15) is 11.2 Å². The standard InChI is InChI=1S/C42H26O/c1-3-13-27(14-4-1)36-24-31(25-38-37-23-29-17-7-8-18-30(29)26-39(37)43-42(36)38)41-34-21-11-9-19-32(34)40(28-15-5-2-6-16-28)33-20-10-12-22-35(33)41/h1-26H/i1D,2D,3D,4D,5D,6D,13D,14D,15D,16D. The summed E-state index contributed by atoms with van der Waals surface area (Å²) >= 11 is 0. The molecule has 0 bridgehead atoms. The monoisotopic (exact) mass is 556 g/mol. The second kappa shape index (κ2) is 9.44. The Labute approximate surface area is 263 Å². The molecule has 1 aromatic heterocycles. The van der Waals surface area contributed by atoms with Gasteiger partial charge in [-0.25, -0.2) is 0 Å². The van der Waals surface area contributed by atoms with Crippen LogP contribution in [0.4, 0.5) is 0 Å². The van der Waals surface area contributed by atoms with E-state index in [1.54, 1.807) is 6.07 Å². The summed E-state index contributed by atoms with van der Waals surface area (Å²) in [4.78, 5) is 0. The van der Waals surface area contributed by atoms with Crippen LogP contribution in [0, 0.1) is 0 Å². The van der Waals surface area contributed by atoms with E-state index in [-0.39, 0.29) is 35.3 Å². The highest BCUT2D eigenvalue weighted by atomic mass is 16.3. The lowest BCUT2D eigenvalue weighted by atomic mass is 9.85. The predicted octanol–water partition coefficient (Wildman–Crippen LogP) is 12.0. The second-order valence-corrected chi connectivity index (χ2v) is 10.5. The normalized spacial score (nSPS) is 15.0. The summed E-state index contributed by atoms with van der Waals surface area (Å²) in [5.74, 6) is 0. The molecule has 0 spiro atoms. The topological polar surface area (TPSA) is 13.1 Å². The van der Waals surface area contributed by atoms with Crippen LogP contribution in [0.1, 0.15) is 13.7 Å². The molecule has 0 unspecified atom stereocenters. The van der Waals surface area contributed by atoms with E-state index >= 15 is 0 Å². The highest BCUT2D eigenvalue weighted by Gasteiger charge is 2.20. The van der Waals surface area contributed by atoms with Gasteiger partial charge in [0.2, 0.25) is 0 Å². The molecule has 0 saturated carbocycles. The van der Waals surface area contributed by atoms with E-state index in [1.807, 2.05) is 91.0 Å². The van der Waals surface area contributed by atoms with Crippen LogP contribution in [0.3, 0.4) is 0 Å². The van der Waals surface area contributed by atoms with Crippen molar-refractivity contribution in [3.63, 3.8) is 0 Å². The molecule has 0 aliphatic carbocycles. The summed E-state index contributed by atoms with van der Waals surface area (Å²) < 4.78 is 92.7. The molecule has 1 heteroatoms. The minimum Gasteiger partial charge on any atom is -0.455 e. The zero-order chi connectivity index (χ0) is 37.0. The second-order valence-electron chi connectivity index (χ2n) is 10.5. The van der Waals surface area contributed by atoms with Crippen molar-refractivity contribution in [2.24, 2.45) is 0 Å². The molecule has 0 radical (unpaired) electrons. The van der Waals surface area contributed by atoms with E-state index in [9.17, 15) is 0 Å². The van der Waals surface area contributed by atoms with Crippen LogP contribution in [0.25, 0.3) is 87.6 Å². The molecular weight excluding hydrogens is 520 g/mol. The van der Waals surface area contributed by atoms with Gasteiger partial charge < -0.3 is 4.42 Å². The van der Waals surface area contributed by atoms with Crippen molar-refractivity contribution in [3.05, 3.63) is 157 Å². The van der Waals surface area contributed by atoms with E-state index in [4.69, 9.17) is 18.1 Å². The van der Waals surface area contributed by atoms with Crippen LogP contribution in [-0.4, -0.2) is 0 Å². The molecule has 0 amide bonds. The average Bonchev–Trinajstić information content (AvgIpc) is 3.53. The van der Waals surface area contributed by atoms with E-state index in [1.165, 1.54) is 0 Å². The van der Waals surface area contributed by atoms with Crippen molar-refractivity contribution in [3.8, 4) is 33.4 Å². The molecule has 0 fully saturated rings. The highest BCUT2D eigenvalue weighted by molar-refractivity contribution is 6.23. The first-order chi connectivity index (χ1) is 25.5. The average molecular weight is 557 g/mol. The molecule has 9 aromatic rings. The fourth-order valence-electron chi connectivity index (χ4n) is 6.36. The highest BCUT2D eigenvalue weighted by Crippen LogP contribution is 2.46. The maximum absolute atomic E-state index is 8.96. The first-order valence-electron chi connectivity index (χ1n) is 18.9. The molecule has 0 aliphatic heterocycles. The van der Waals surface area contributed by atoms with Gasteiger partial charge in [0, 0.05) is 16.3 Å². The van der Waals surface area contributed by atoms with Crippen molar-refractivity contribution in [2.75, 3.05) is 0 Å². The van der Waals surface area contributed by atoms with Crippen molar-refractivity contribution in [2.45, 2.75) is 0 Å². The lowest BCUT2D eigenvalue weighted by molar-refractivity contribution is 0.670. The first-order valence-corrected chi connectivity index (χ1v) is 13.9. The fourth-order valence-corrected chi connectivity index (χ4v) is 6.36. The Morgan fingerprint density at radius 2 is 0.930 bits per heavy atom. The molecule has 0 saturated heterocycles. The Bertz CT molecular complexity index is 2960. The Morgan fingerprint density at radius 3 is 1.53 bits per heavy atom. The Hall–Kier alpha value is -5.66. The number of rotatable bonds is 3. The zero-order valence-corrected chi connectivity index (χ0v) is 22.6. The maximum atomic E-state index is 8.96. The molecule has 200 valence electrons. The Kier molecular flexibility index (Phi) is 3.53. The van der Waals surface area contributed by atoms with Gasteiger partial charge in [0.25, 0.3) is 0 Å². The number of benzene rings is 8. The van der Waals surface area contributed by atoms with Gasteiger partial charge in [-0.1, -0.05) is 133 Å². The number of hydrogen-bond donors (Lipinski definition) is 0. The van der Waals surface area contributed by atoms with E-state index in [0.717, 1.165) is 32.5 Å². The summed E-state index contributed by atoms with van der Waals surface area (Å²) in [6.07, 6.45) is 0. The summed E-state index contributed by atoms with van der Waals surface area (Å²) in [7, 11) is 0. The minimum atomic E-state index is -0.493. The third-order valence-corrected chi connectivity index (χ3v) is 8.18. The number of hydrogen-bond acceptors (Lipinski definition) is 1. The largest absolute Gasteiger partial charge is 0.455 e. The third kappa shape index (κ3) is 3.72. The quantitative estimate of drug-likeness (QED) is 0.197. The van der Waals surface area contributed by atoms with Gasteiger partial charge in [-0.15, -0.1) is 0 Å². The Morgan fingerprint density at radius 1 is 0.419 bits per heavy atom. The maximum Gasteiger partial charge on any atom is 0.143 e. The van der Waals surface area contributed by atoms with Crippen molar-refractivity contribution in [1.29, 1.82) is 0 Å². The molecule has 1 heterocycles. The SMILES string of the molecule is [2H]c1c([2H])c([2H])c(-c2c3ccccc3c(-c3cc(-c4c([2H])c([2H])c([2H])c([2H])c4[2H])c4oc5cc6ccccc6cc5c4c3)c3ccccc23)c([2H])c1[2H]. The molecule has 8 aromatic carbocycles. The van der Waals surface area contributed by atoms with Gasteiger partial charge in [-0.3, -0.25) is 0 Å². The van der Waals surface area contributed by atoms with Crippen LogP contribution < -0.4 is 0 Å². The molecule has 0 aliphatic rings. The van der Waals surface area contributed by atoms with Gasteiger partial charge in [0.15, 0.2) is 0 Å². The van der Waals surface area contributed by atoms with Crippen LogP contribution in [0.5, 0.6) is 0 Å². The Balaban J connectivity index is 1.48. The summed E-state index contributed by atoms with van der Waals surface area (Å²) in [6, 6.07) is 26.6. The lowest BCUT2D eigenvalue weighted by Gasteiger charge is -2.18. The van der Waals surface area contributed by atoms with E-state index in [2.05, 4.69) is 0 Å². The number of furan rings is 1. The van der Waals surface area contributed by atoms with Crippen molar-refractivity contribution >= 4 is 54.3 Å². The molecular formula is C42H26O. The summed E-state index contributed by atoms with van der Waals surface area (Å²) in [5, 5.41) is 6.21. The molecule has 1 nitrogen and oxygen atoms in total. The van der Waals surface area contributed by atoms with E-state index in [0.29, 0.717) is 44.0 Å².